The van der Waals surface area contributed by atoms with E-state index >= 15 is 0 Å². The van der Waals surface area contributed by atoms with Crippen LogP contribution in [0.4, 0.5) is 5.69 Å². The molecule has 0 bridgehead atoms. The number of rotatable bonds is 6. The maximum atomic E-state index is 12.8. The maximum Gasteiger partial charge on any atom is 0.269 e. The molecule has 1 aliphatic heterocycles. The van der Waals surface area contributed by atoms with Gasteiger partial charge >= 0.3 is 0 Å². The molecule has 7 nitrogen and oxygen atoms in total. The number of aryl methyl sites for hydroxylation is 1. The van der Waals surface area contributed by atoms with Crippen molar-refractivity contribution >= 4 is 17.5 Å². The summed E-state index contributed by atoms with van der Waals surface area (Å²) in [6.07, 6.45) is 3.16. The molecule has 1 atom stereocenters. The average Bonchev–Trinajstić information content (AvgIpc) is 3.26. The molecule has 0 radical (unpaired) electrons. The summed E-state index contributed by atoms with van der Waals surface area (Å²) >= 11 is 0. The molecule has 2 aromatic rings. The molecule has 3 N–H and O–H groups in total. The van der Waals surface area contributed by atoms with Crippen molar-refractivity contribution in [1.82, 2.24) is 15.1 Å². The highest BCUT2D eigenvalue weighted by molar-refractivity contribution is 5.98. The second kappa shape index (κ2) is 7.06. The van der Waals surface area contributed by atoms with E-state index in [0.29, 0.717) is 30.3 Å². The van der Waals surface area contributed by atoms with Crippen molar-refractivity contribution in [1.29, 1.82) is 0 Å². The van der Waals surface area contributed by atoms with Crippen molar-refractivity contribution < 1.29 is 9.59 Å². The third kappa shape index (κ3) is 3.54. The Kier molecular flexibility index (Phi) is 4.59. The molecule has 7 heteroatoms. The highest BCUT2D eigenvalue weighted by Crippen LogP contribution is 2.39. The van der Waals surface area contributed by atoms with Crippen LogP contribution in [0.3, 0.4) is 0 Å². The number of aromatic nitrogens is 2. The zero-order valence-electron chi connectivity index (χ0n) is 15.5. The Morgan fingerprint density at radius 2 is 2.04 bits per heavy atom. The van der Waals surface area contributed by atoms with E-state index in [-0.39, 0.29) is 11.9 Å². The Balaban J connectivity index is 1.44. The summed E-state index contributed by atoms with van der Waals surface area (Å²) in [5.74, 6) is 0.0143. The summed E-state index contributed by atoms with van der Waals surface area (Å²) in [5.41, 5.74) is 8.51. The molecule has 1 saturated heterocycles. The van der Waals surface area contributed by atoms with Gasteiger partial charge in [-0.25, -0.2) is 0 Å². The minimum Gasteiger partial charge on any atom is -0.369 e. The molecule has 1 aliphatic carbocycles. The Morgan fingerprint density at radius 3 is 2.74 bits per heavy atom. The third-order valence-electron chi connectivity index (χ3n) is 5.36. The minimum atomic E-state index is -0.433. The van der Waals surface area contributed by atoms with Crippen molar-refractivity contribution in [2.24, 2.45) is 5.73 Å². The molecule has 2 amide bonds. The number of nitrogens with one attached hydrogen (secondary N) is 1. The van der Waals surface area contributed by atoms with Gasteiger partial charge in [-0.3, -0.25) is 14.3 Å². The molecule has 142 valence electrons. The molecule has 4 rings (SSSR count). The number of nitrogens with two attached hydrogens (primary N) is 1. The molecule has 27 heavy (non-hydrogen) atoms. The zero-order chi connectivity index (χ0) is 19.0. The quantitative estimate of drug-likeness (QED) is 0.815. The van der Waals surface area contributed by atoms with Crippen molar-refractivity contribution in [2.45, 2.75) is 44.7 Å². The summed E-state index contributed by atoms with van der Waals surface area (Å²) in [6.45, 7) is 4.11. The van der Waals surface area contributed by atoms with Crippen LogP contribution in [0.15, 0.2) is 30.3 Å². The second-order valence-corrected chi connectivity index (χ2v) is 7.33. The van der Waals surface area contributed by atoms with Gasteiger partial charge in [-0.15, -0.1) is 0 Å². The van der Waals surface area contributed by atoms with Crippen molar-refractivity contribution in [3.8, 4) is 0 Å². The summed E-state index contributed by atoms with van der Waals surface area (Å²) in [5, 5.41) is 7.71. The number of benzene rings is 1. The van der Waals surface area contributed by atoms with Gasteiger partial charge in [0.15, 0.2) is 0 Å². The number of carbonyl (C=O) groups excluding carboxylic acids is 2. The second-order valence-electron chi connectivity index (χ2n) is 7.33. The number of nitrogens with zero attached hydrogens (tertiary/aromatic N) is 3. The Labute approximate surface area is 158 Å². The number of hydrogen-bond donors (Lipinski definition) is 2. The van der Waals surface area contributed by atoms with E-state index in [2.05, 4.69) is 15.3 Å². The number of anilines is 1. The van der Waals surface area contributed by atoms with Crippen LogP contribution in [0.25, 0.3) is 0 Å². The van der Waals surface area contributed by atoms with Crippen molar-refractivity contribution in [3.63, 3.8) is 0 Å². The summed E-state index contributed by atoms with van der Waals surface area (Å²) in [4.78, 5) is 26.6. The average molecular weight is 367 g/mol. The van der Waals surface area contributed by atoms with Gasteiger partial charge in [0, 0.05) is 37.3 Å². The van der Waals surface area contributed by atoms with Crippen LogP contribution in [-0.2, 0) is 6.54 Å². The standard InChI is InChI=1S/C20H25N5O2/c1-2-25-18(11-16(23-25)13-7-8-13)20(27)22-14-9-10-24(12-14)17-6-4-3-5-15(17)19(21)26/h3-6,11,13-14H,2,7-10,12H2,1H3,(H2,21,26)(H,22,27). The highest BCUT2D eigenvalue weighted by atomic mass is 16.2. The van der Waals surface area contributed by atoms with E-state index in [4.69, 9.17) is 5.73 Å². The maximum absolute atomic E-state index is 12.8. The van der Waals surface area contributed by atoms with Gasteiger partial charge in [0.05, 0.1) is 11.3 Å². The largest absolute Gasteiger partial charge is 0.369 e. The monoisotopic (exact) mass is 367 g/mol. The fourth-order valence-electron chi connectivity index (χ4n) is 3.75. The Morgan fingerprint density at radius 1 is 1.26 bits per heavy atom. The molecule has 1 unspecified atom stereocenters. The lowest BCUT2D eigenvalue weighted by molar-refractivity contribution is 0.0928. The minimum absolute atomic E-state index is 0.0306. The SMILES string of the molecule is CCn1nc(C2CC2)cc1C(=O)NC1CCN(c2ccccc2C(N)=O)C1. The molecule has 2 aliphatic rings. The first kappa shape index (κ1) is 17.6. The normalized spacial score (nSPS) is 19.3. The number of para-hydroxylation sites is 1. The molecule has 1 saturated carbocycles. The van der Waals surface area contributed by atoms with Gasteiger partial charge in [-0.2, -0.15) is 5.10 Å². The lowest BCUT2D eigenvalue weighted by Gasteiger charge is -2.21. The lowest BCUT2D eigenvalue weighted by Crippen LogP contribution is -2.38. The van der Waals surface area contributed by atoms with Gasteiger partial charge in [0.1, 0.15) is 5.69 Å². The van der Waals surface area contributed by atoms with E-state index in [1.54, 1.807) is 10.7 Å². The number of amides is 2. The lowest BCUT2D eigenvalue weighted by atomic mass is 10.1. The molecule has 1 aromatic heterocycles. The van der Waals surface area contributed by atoms with Crippen LogP contribution in [0.2, 0.25) is 0 Å². The van der Waals surface area contributed by atoms with Crippen LogP contribution in [0.1, 0.15) is 58.6 Å². The van der Waals surface area contributed by atoms with Crippen LogP contribution in [0, 0.1) is 0 Å². The molecule has 1 aromatic carbocycles. The Hall–Kier alpha value is -2.83. The number of primary amides is 1. The first-order valence-electron chi connectivity index (χ1n) is 9.59. The molecular weight excluding hydrogens is 342 g/mol. The summed E-state index contributed by atoms with van der Waals surface area (Å²) in [7, 11) is 0. The van der Waals surface area contributed by atoms with Gasteiger partial charge in [0.2, 0.25) is 0 Å². The van der Waals surface area contributed by atoms with E-state index in [9.17, 15) is 9.59 Å². The molecular formula is C20H25N5O2. The number of hydrogen-bond acceptors (Lipinski definition) is 4. The Bertz CT molecular complexity index is 871. The third-order valence-corrected chi connectivity index (χ3v) is 5.36. The van der Waals surface area contributed by atoms with E-state index in [0.717, 1.165) is 24.3 Å². The van der Waals surface area contributed by atoms with Crippen molar-refractivity contribution in [2.75, 3.05) is 18.0 Å². The predicted octanol–water partition coefficient (Wildman–Crippen LogP) is 1.89. The first-order valence-corrected chi connectivity index (χ1v) is 9.59. The van der Waals surface area contributed by atoms with E-state index in [1.807, 2.05) is 31.2 Å². The molecule has 0 spiro atoms. The topological polar surface area (TPSA) is 93.2 Å². The molecule has 2 fully saturated rings. The smallest absolute Gasteiger partial charge is 0.269 e. The van der Waals surface area contributed by atoms with Crippen LogP contribution >= 0.6 is 0 Å². The van der Waals surface area contributed by atoms with Crippen LogP contribution in [-0.4, -0.2) is 40.7 Å². The highest BCUT2D eigenvalue weighted by Gasteiger charge is 2.30. The fourth-order valence-corrected chi connectivity index (χ4v) is 3.75. The molecule has 2 heterocycles. The summed E-state index contributed by atoms with van der Waals surface area (Å²) in [6, 6.07) is 9.31. The van der Waals surface area contributed by atoms with Crippen LogP contribution < -0.4 is 16.0 Å². The summed E-state index contributed by atoms with van der Waals surface area (Å²) < 4.78 is 1.79. The van der Waals surface area contributed by atoms with Gasteiger partial charge in [0.25, 0.3) is 11.8 Å². The van der Waals surface area contributed by atoms with E-state index in [1.165, 1.54) is 12.8 Å². The van der Waals surface area contributed by atoms with Crippen LogP contribution in [0.5, 0.6) is 0 Å². The fraction of sp³-hybridized carbons (Fsp3) is 0.450. The van der Waals surface area contributed by atoms with Gasteiger partial charge in [-0.1, -0.05) is 12.1 Å². The van der Waals surface area contributed by atoms with Gasteiger partial charge < -0.3 is 16.0 Å². The predicted molar refractivity (Wildman–Crippen MR) is 103 cm³/mol. The van der Waals surface area contributed by atoms with Gasteiger partial charge in [-0.05, 0) is 44.4 Å². The van der Waals surface area contributed by atoms with E-state index < -0.39 is 5.91 Å². The zero-order valence-corrected chi connectivity index (χ0v) is 15.5. The number of carbonyl (C=O) groups is 2. The van der Waals surface area contributed by atoms with Crippen molar-refractivity contribution in [3.05, 3.63) is 47.3 Å². The first-order chi connectivity index (χ1) is 13.1.